The molecule has 3 unspecified atom stereocenters. The van der Waals surface area contributed by atoms with Crippen molar-refractivity contribution in [3.8, 4) is 0 Å². The number of rotatable bonds is 5. The number of allylic oxidation sites excluding steroid dienone is 1. The average molecular weight is 184 g/mol. The van der Waals surface area contributed by atoms with Crippen LogP contribution in [0.2, 0.25) is 0 Å². The van der Waals surface area contributed by atoms with Gasteiger partial charge in [-0.2, -0.15) is 0 Å². The van der Waals surface area contributed by atoms with Crippen LogP contribution in [0, 0.1) is 5.92 Å². The minimum absolute atomic E-state index is 0.0382. The minimum Gasteiger partial charge on any atom is -0.385 e. The Labute approximate surface area is 78.4 Å². The molecule has 0 aromatic heterocycles. The lowest BCUT2D eigenvalue weighted by atomic mass is 9.93. The predicted octanol–water partition coefficient (Wildman–Crippen LogP) is 0.917. The third-order valence-corrected chi connectivity index (χ3v) is 2.34. The largest absolute Gasteiger partial charge is 0.385 e. The van der Waals surface area contributed by atoms with E-state index in [4.69, 9.17) is 4.74 Å². The van der Waals surface area contributed by atoms with E-state index in [9.17, 15) is 9.90 Å². The van der Waals surface area contributed by atoms with Crippen LogP contribution in [0.15, 0.2) is 12.2 Å². The second-order valence-electron chi connectivity index (χ2n) is 3.29. The number of ketones is 1. The highest BCUT2D eigenvalue weighted by Crippen LogP contribution is 2.26. The summed E-state index contributed by atoms with van der Waals surface area (Å²) in [4.78, 5) is 11.3. The lowest BCUT2D eigenvalue weighted by molar-refractivity contribution is -0.125. The number of carbonyl (C=O) groups is 1. The van der Waals surface area contributed by atoms with E-state index in [-0.39, 0.29) is 17.8 Å². The van der Waals surface area contributed by atoms with E-state index in [0.29, 0.717) is 6.61 Å². The number of aliphatic hydroxyl groups excluding tert-OH is 1. The van der Waals surface area contributed by atoms with Crippen molar-refractivity contribution < 1.29 is 14.6 Å². The van der Waals surface area contributed by atoms with Gasteiger partial charge in [-0.05, 0) is 19.4 Å². The Bertz CT molecular complexity index is 206. The molecule has 0 aromatic rings. The summed E-state index contributed by atoms with van der Waals surface area (Å²) < 4.78 is 5.07. The molecular formula is C10H16O3. The highest BCUT2D eigenvalue weighted by atomic mass is 16.6. The second kappa shape index (κ2) is 4.53. The Morgan fingerprint density at radius 2 is 2.38 bits per heavy atom. The molecule has 0 spiro atoms. The average Bonchev–Trinajstić information content (AvgIpc) is 2.90. The molecular weight excluding hydrogens is 168 g/mol. The summed E-state index contributed by atoms with van der Waals surface area (Å²) in [6, 6.07) is 0. The van der Waals surface area contributed by atoms with Crippen molar-refractivity contribution in [2.24, 2.45) is 5.92 Å². The molecule has 1 rings (SSSR count). The molecule has 0 amide bonds. The standard InChI is InChI=1S/C10H16O3/c1-3-5-8(11)10(12)7(4-2)9-6-13-9/h3,5,7,9-10,12H,4,6H2,1-2H3. The molecule has 0 bridgehead atoms. The van der Waals surface area contributed by atoms with Gasteiger partial charge in [0, 0.05) is 5.92 Å². The Balaban J connectivity index is 2.51. The lowest BCUT2D eigenvalue weighted by Crippen LogP contribution is -2.31. The van der Waals surface area contributed by atoms with Gasteiger partial charge in [0.05, 0.1) is 12.7 Å². The molecule has 74 valence electrons. The zero-order valence-electron chi connectivity index (χ0n) is 8.06. The van der Waals surface area contributed by atoms with Crippen molar-refractivity contribution in [1.29, 1.82) is 0 Å². The summed E-state index contributed by atoms with van der Waals surface area (Å²) in [5, 5.41) is 9.64. The molecule has 13 heavy (non-hydrogen) atoms. The zero-order chi connectivity index (χ0) is 9.84. The monoisotopic (exact) mass is 184 g/mol. The fourth-order valence-electron chi connectivity index (χ4n) is 1.47. The fourth-order valence-corrected chi connectivity index (χ4v) is 1.47. The van der Waals surface area contributed by atoms with E-state index in [1.54, 1.807) is 13.0 Å². The van der Waals surface area contributed by atoms with Crippen molar-refractivity contribution in [2.75, 3.05) is 6.61 Å². The van der Waals surface area contributed by atoms with E-state index >= 15 is 0 Å². The van der Waals surface area contributed by atoms with Crippen molar-refractivity contribution >= 4 is 5.78 Å². The van der Waals surface area contributed by atoms with Crippen LogP contribution in [0.3, 0.4) is 0 Å². The van der Waals surface area contributed by atoms with Crippen LogP contribution in [0.1, 0.15) is 20.3 Å². The number of aliphatic hydroxyl groups is 1. The summed E-state index contributed by atoms with van der Waals surface area (Å²) >= 11 is 0. The molecule has 1 aliphatic heterocycles. The summed E-state index contributed by atoms with van der Waals surface area (Å²) in [6.45, 7) is 4.40. The molecule has 1 heterocycles. The first-order chi connectivity index (χ1) is 6.20. The normalized spacial score (nSPS) is 25.9. The SMILES string of the molecule is CC=CC(=O)C(O)C(CC)C1CO1. The van der Waals surface area contributed by atoms with Gasteiger partial charge in [-0.25, -0.2) is 0 Å². The van der Waals surface area contributed by atoms with E-state index in [1.807, 2.05) is 6.92 Å². The van der Waals surface area contributed by atoms with Crippen LogP contribution >= 0.6 is 0 Å². The van der Waals surface area contributed by atoms with Crippen LogP contribution in [0.4, 0.5) is 0 Å². The van der Waals surface area contributed by atoms with Gasteiger partial charge in [0.2, 0.25) is 0 Å². The highest BCUT2D eigenvalue weighted by molar-refractivity contribution is 5.93. The van der Waals surface area contributed by atoms with E-state index in [2.05, 4.69) is 0 Å². The molecule has 0 radical (unpaired) electrons. The summed E-state index contributed by atoms with van der Waals surface area (Å²) in [5.41, 5.74) is 0. The number of carbonyl (C=O) groups excluding carboxylic acids is 1. The van der Waals surface area contributed by atoms with Gasteiger partial charge in [-0.1, -0.05) is 13.0 Å². The Morgan fingerprint density at radius 3 is 2.77 bits per heavy atom. The van der Waals surface area contributed by atoms with E-state index in [0.717, 1.165) is 6.42 Å². The molecule has 3 nitrogen and oxygen atoms in total. The molecule has 3 atom stereocenters. The van der Waals surface area contributed by atoms with E-state index < -0.39 is 6.10 Å². The van der Waals surface area contributed by atoms with Crippen molar-refractivity contribution in [3.63, 3.8) is 0 Å². The quantitative estimate of drug-likeness (QED) is 0.510. The number of hydrogen-bond donors (Lipinski definition) is 1. The van der Waals surface area contributed by atoms with Crippen LogP contribution in [-0.4, -0.2) is 29.7 Å². The van der Waals surface area contributed by atoms with Gasteiger partial charge >= 0.3 is 0 Å². The van der Waals surface area contributed by atoms with Crippen molar-refractivity contribution in [1.82, 2.24) is 0 Å². The van der Waals surface area contributed by atoms with Gasteiger partial charge in [-0.15, -0.1) is 0 Å². The third kappa shape index (κ3) is 2.64. The van der Waals surface area contributed by atoms with Crippen molar-refractivity contribution in [3.05, 3.63) is 12.2 Å². The molecule has 3 heteroatoms. The van der Waals surface area contributed by atoms with Crippen LogP contribution in [0.5, 0.6) is 0 Å². The number of epoxide rings is 1. The predicted molar refractivity (Wildman–Crippen MR) is 49.3 cm³/mol. The Morgan fingerprint density at radius 1 is 1.77 bits per heavy atom. The number of hydrogen-bond acceptors (Lipinski definition) is 3. The molecule has 0 aliphatic carbocycles. The summed E-state index contributed by atoms with van der Waals surface area (Å²) in [5.74, 6) is -0.256. The van der Waals surface area contributed by atoms with Crippen LogP contribution in [-0.2, 0) is 9.53 Å². The van der Waals surface area contributed by atoms with Gasteiger partial charge in [0.15, 0.2) is 5.78 Å². The van der Waals surface area contributed by atoms with Gasteiger partial charge in [-0.3, -0.25) is 4.79 Å². The van der Waals surface area contributed by atoms with E-state index in [1.165, 1.54) is 6.08 Å². The molecule has 0 saturated carbocycles. The summed E-state index contributed by atoms with van der Waals surface area (Å²) in [6.07, 6.45) is 3.03. The van der Waals surface area contributed by atoms with Gasteiger partial charge < -0.3 is 9.84 Å². The fraction of sp³-hybridized carbons (Fsp3) is 0.700. The smallest absolute Gasteiger partial charge is 0.184 e. The molecule has 0 aromatic carbocycles. The van der Waals surface area contributed by atoms with Gasteiger partial charge in [0.1, 0.15) is 6.10 Å². The maximum atomic E-state index is 11.3. The van der Waals surface area contributed by atoms with Crippen molar-refractivity contribution in [2.45, 2.75) is 32.5 Å². The Kier molecular flexibility index (Phi) is 3.63. The van der Waals surface area contributed by atoms with Crippen LogP contribution in [0.25, 0.3) is 0 Å². The first-order valence-electron chi connectivity index (χ1n) is 4.67. The molecule has 1 saturated heterocycles. The zero-order valence-corrected chi connectivity index (χ0v) is 8.06. The van der Waals surface area contributed by atoms with Gasteiger partial charge in [0.25, 0.3) is 0 Å². The number of ether oxygens (including phenoxy) is 1. The highest BCUT2D eigenvalue weighted by Gasteiger charge is 2.38. The Hall–Kier alpha value is -0.670. The topological polar surface area (TPSA) is 49.8 Å². The third-order valence-electron chi connectivity index (χ3n) is 2.34. The lowest BCUT2D eigenvalue weighted by Gasteiger charge is -2.16. The maximum Gasteiger partial charge on any atom is 0.184 e. The maximum absolute atomic E-state index is 11.3. The summed E-state index contributed by atoms with van der Waals surface area (Å²) in [7, 11) is 0. The second-order valence-corrected chi connectivity index (χ2v) is 3.29. The molecule has 1 fully saturated rings. The first kappa shape index (κ1) is 10.4. The minimum atomic E-state index is -0.895. The molecule has 1 N–H and O–H groups in total. The molecule has 1 aliphatic rings. The first-order valence-corrected chi connectivity index (χ1v) is 4.67. The van der Waals surface area contributed by atoms with Crippen LogP contribution < -0.4 is 0 Å².